The maximum atomic E-state index is 11.7. The lowest BCUT2D eigenvalue weighted by Gasteiger charge is -2.22. The molecule has 0 aliphatic rings. The van der Waals surface area contributed by atoms with Gasteiger partial charge in [-0.15, -0.1) is 35.3 Å². The number of rotatable bonds is 7. The van der Waals surface area contributed by atoms with Gasteiger partial charge in [-0.2, -0.15) is 0 Å². The fourth-order valence-corrected chi connectivity index (χ4v) is 2.38. The zero-order valence-electron chi connectivity index (χ0n) is 14.6. The topological polar surface area (TPSA) is 60.8 Å². The summed E-state index contributed by atoms with van der Waals surface area (Å²) in [5.74, 6) is 0.738. The molecule has 132 valence electrons. The predicted molar refractivity (Wildman–Crippen MR) is 108 cm³/mol. The third kappa shape index (κ3) is 8.50. The Morgan fingerprint density at radius 3 is 2.61 bits per heavy atom. The van der Waals surface area contributed by atoms with Gasteiger partial charge in [-0.25, -0.2) is 9.98 Å². The highest BCUT2D eigenvalue weighted by Gasteiger charge is 2.10. The second kappa shape index (κ2) is 11.6. The van der Waals surface area contributed by atoms with Gasteiger partial charge in [0.1, 0.15) is 6.54 Å². The molecule has 0 saturated heterocycles. The van der Waals surface area contributed by atoms with Gasteiger partial charge in [0.15, 0.2) is 5.96 Å². The summed E-state index contributed by atoms with van der Waals surface area (Å²) in [4.78, 5) is 24.2. The van der Waals surface area contributed by atoms with Gasteiger partial charge in [0.25, 0.3) is 0 Å². The van der Waals surface area contributed by atoms with E-state index in [2.05, 4.69) is 27.6 Å². The predicted octanol–water partition coefficient (Wildman–Crippen LogP) is 2.34. The van der Waals surface area contributed by atoms with Crippen LogP contribution >= 0.6 is 35.3 Å². The van der Waals surface area contributed by atoms with Gasteiger partial charge in [-0.1, -0.05) is 13.3 Å². The average Bonchev–Trinajstić information content (AvgIpc) is 2.87. The Hall–Kier alpha value is -0.900. The Labute approximate surface area is 160 Å². The van der Waals surface area contributed by atoms with Crippen LogP contribution in [0.25, 0.3) is 0 Å². The van der Waals surface area contributed by atoms with Crippen LogP contribution in [0, 0.1) is 6.92 Å². The number of halogens is 1. The van der Waals surface area contributed by atoms with Gasteiger partial charge >= 0.3 is 0 Å². The Bertz CT molecular complexity index is 504. The molecule has 0 unspecified atom stereocenters. The fourth-order valence-electron chi connectivity index (χ4n) is 1.77. The van der Waals surface area contributed by atoms with E-state index in [4.69, 9.17) is 0 Å². The molecule has 8 heteroatoms. The van der Waals surface area contributed by atoms with Crippen LogP contribution in [-0.4, -0.2) is 60.9 Å². The van der Waals surface area contributed by atoms with E-state index in [1.54, 1.807) is 30.3 Å². The van der Waals surface area contributed by atoms with E-state index in [-0.39, 0.29) is 36.4 Å². The van der Waals surface area contributed by atoms with E-state index in [0.29, 0.717) is 6.54 Å². The molecule has 0 fully saturated rings. The number of nitrogens with zero attached hydrogens (tertiary/aromatic N) is 4. The Morgan fingerprint density at radius 2 is 2.09 bits per heavy atom. The highest BCUT2D eigenvalue weighted by Crippen LogP contribution is 2.09. The van der Waals surface area contributed by atoms with Crippen molar-refractivity contribution in [2.75, 3.05) is 34.2 Å². The molecule has 6 nitrogen and oxygen atoms in total. The summed E-state index contributed by atoms with van der Waals surface area (Å²) in [6, 6.07) is 0. The maximum absolute atomic E-state index is 11.7. The van der Waals surface area contributed by atoms with Gasteiger partial charge in [0.05, 0.1) is 17.2 Å². The zero-order chi connectivity index (χ0) is 16.5. The van der Waals surface area contributed by atoms with Crippen molar-refractivity contribution in [1.29, 1.82) is 0 Å². The average molecular weight is 453 g/mol. The van der Waals surface area contributed by atoms with Crippen molar-refractivity contribution < 1.29 is 4.79 Å². The van der Waals surface area contributed by atoms with Crippen molar-refractivity contribution in [1.82, 2.24) is 20.1 Å². The van der Waals surface area contributed by atoms with Crippen molar-refractivity contribution in [2.24, 2.45) is 4.99 Å². The normalized spacial score (nSPS) is 10.9. The SMILES string of the molecule is CCCCNC(=NCC(=O)N(C)C)N(C)Cc1csc(C)n1.I. The molecule has 0 bridgehead atoms. The number of likely N-dealkylation sites (N-methyl/N-ethyl adjacent to an activating group) is 1. The number of carbonyl (C=O) groups excluding carboxylic acids is 1. The molecule has 1 N–H and O–H groups in total. The molecule has 1 heterocycles. The summed E-state index contributed by atoms with van der Waals surface area (Å²) in [6.07, 6.45) is 2.19. The minimum atomic E-state index is -0.00676. The summed E-state index contributed by atoms with van der Waals surface area (Å²) in [7, 11) is 5.44. The lowest BCUT2D eigenvalue weighted by Crippen LogP contribution is -2.40. The summed E-state index contributed by atoms with van der Waals surface area (Å²) in [5.41, 5.74) is 1.02. The Kier molecular flexibility index (Phi) is 11.2. The van der Waals surface area contributed by atoms with Crippen LogP contribution < -0.4 is 5.32 Å². The molecule has 0 aliphatic heterocycles. The molecule has 0 aromatic carbocycles. The number of nitrogens with one attached hydrogen (secondary N) is 1. The largest absolute Gasteiger partial charge is 0.356 e. The molecule has 0 saturated carbocycles. The fraction of sp³-hybridized carbons (Fsp3) is 0.667. The van der Waals surface area contributed by atoms with Gasteiger partial charge in [-0.3, -0.25) is 4.79 Å². The van der Waals surface area contributed by atoms with Crippen LogP contribution in [-0.2, 0) is 11.3 Å². The van der Waals surface area contributed by atoms with E-state index in [1.807, 2.05) is 18.9 Å². The summed E-state index contributed by atoms with van der Waals surface area (Å²) in [5, 5.41) is 6.44. The van der Waals surface area contributed by atoms with Gasteiger partial charge in [-0.05, 0) is 13.3 Å². The minimum absolute atomic E-state index is 0. The van der Waals surface area contributed by atoms with E-state index in [9.17, 15) is 4.79 Å². The number of carbonyl (C=O) groups is 1. The molecule has 0 aliphatic carbocycles. The third-order valence-corrected chi connectivity index (χ3v) is 3.93. The number of guanidine groups is 1. The Balaban J connectivity index is 0.00000484. The molecule has 0 atom stereocenters. The second-order valence-corrected chi connectivity index (χ2v) is 6.48. The molecule has 1 amide bonds. The third-order valence-electron chi connectivity index (χ3n) is 3.10. The maximum Gasteiger partial charge on any atom is 0.243 e. The van der Waals surface area contributed by atoms with Crippen LogP contribution in [0.3, 0.4) is 0 Å². The number of thiazole rings is 1. The first-order valence-electron chi connectivity index (χ1n) is 7.54. The number of unbranched alkanes of at least 4 members (excludes halogenated alkanes) is 1. The lowest BCUT2D eigenvalue weighted by atomic mass is 10.3. The first kappa shape index (κ1) is 22.1. The van der Waals surface area contributed by atoms with Crippen molar-refractivity contribution in [3.63, 3.8) is 0 Å². The van der Waals surface area contributed by atoms with Crippen LogP contribution in [0.5, 0.6) is 0 Å². The molecule has 0 radical (unpaired) electrons. The van der Waals surface area contributed by atoms with Crippen molar-refractivity contribution in [3.8, 4) is 0 Å². The minimum Gasteiger partial charge on any atom is -0.356 e. The molecule has 1 aromatic rings. The number of hydrogen-bond donors (Lipinski definition) is 1. The van der Waals surface area contributed by atoms with E-state index in [0.717, 1.165) is 36.0 Å². The van der Waals surface area contributed by atoms with Crippen molar-refractivity contribution in [2.45, 2.75) is 33.2 Å². The van der Waals surface area contributed by atoms with Crippen LogP contribution in [0.2, 0.25) is 0 Å². The summed E-state index contributed by atoms with van der Waals surface area (Å²) in [6.45, 7) is 5.83. The highest BCUT2D eigenvalue weighted by atomic mass is 127. The van der Waals surface area contributed by atoms with Crippen molar-refractivity contribution >= 4 is 47.2 Å². The van der Waals surface area contributed by atoms with Gasteiger partial charge < -0.3 is 15.1 Å². The quantitative estimate of drug-likeness (QED) is 0.298. The van der Waals surface area contributed by atoms with E-state index < -0.39 is 0 Å². The van der Waals surface area contributed by atoms with Crippen LogP contribution in [0.15, 0.2) is 10.4 Å². The number of amides is 1. The number of aryl methyl sites for hydroxylation is 1. The standard InChI is InChI=1S/C15H27N5OS.HI/c1-6-7-8-16-15(17-9-14(21)19(3)4)20(5)10-13-11-22-12(2)18-13;/h11H,6-10H2,1-5H3,(H,16,17);1H. The highest BCUT2D eigenvalue weighted by molar-refractivity contribution is 14.0. The molecular formula is C15H28IN5OS. The number of aromatic nitrogens is 1. The van der Waals surface area contributed by atoms with Crippen LogP contribution in [0.4, 0.5) is 0 Å². The van der Waals surface area contributed by atoms with E-state index >= 15 is 0 Å². The van der Waals surface area contributed by atoms with E-state index in [1.165, 1.54) is 0 Å². The lowest BCUT2D eigenvalue weighted by molar-refractivity contribution is -0.127. The molecule has 23 heavy (non-hydrogen) atoms. The molecule has 1 aromatic heterocycles. The first-order valence-corrected chi connectivity index (χ1v) is 8.42. The molecule has 1 rings (SSSR count). The Morgan fingerprint density at radius 1 is 1.39 bits per heavy atom. The molecular weight excluding hydrogens is 425 g/mol. The summed E-state index contributed by atoms with van der Waals surface area (Å²) < 4.78 is 0. The second-order valence-electron chi connectivity index (χ2n) is 5.42. The number of hydrogen-bond acceptors (Lipinski definition) is 4. The smallest absolute Gasteiger partial charge is 0.243 e. The summed E-state index contributed by atoms with van der Waals surface area (Å²) >= 11 is 1.64. The zero-order valence-corrected chi connectivity index (χ0v) is 17.8. The number of aliphatic imine (C=N–C) groups is 1. The molecule has 0 spiro atoms. The van der Waals surface area contributed by atoms with Crippen LogP contribution in [0.1, 0.15) is 30.5 Å². The van der Waals surface area contributed by atoms with Gasteiger partial charge in [0, 0.05) is 33.1 Å². The van der Waals surface area contributed by atoms with Gasteiger partial charge in [0.2, 0.25) is 5.91 Å². The van der Waals surface area contributed by atoms with Crippen molar-refractivity contribution in [3.05, 3.63) is 16.1 Å². The first-order chi connectivity index (χ1) is 10.4. The monoisotopic (exact) mass is 453 g/mol.